The van der Waals surface area contributed by atoms with Crippen molar-refractivity contribution in [2.75, 3.05) is 0 Å². The molecule has 1 unspecified atom stereocenters. The van der Waals surface area contributed by atoms with Crippen molar-refractivity contribution in [1.82, 2.24) is 19.6 Å². The average Bonchev–Trinajstić information content (AvgIpc) is 2.95. The second-order valence-corrected chi connectivity index (χ2v) is 5.43. The Morgan fingerprint density at radius 1 is 1.42 bits per heavy atom. The Morgan fingerprint density at radius 2 is 2.16 bits per heavy atom. The number of aryl methyl sites for hydroxylation is 3. The van der Waals surface area contributed by atoms with E-state index >= 15 is 0 Å². The van der Waals surface area contributed by atoms with Crippen LogP contribution in [-0.4, -0.2) is 19.6 Å². The summed E-state index contributed by atoms with van der Waals surface area (Å²) in [6.45, 7) is 5.06. The van der Waals surface area contributed by atoms with Gasteiger partial charge in [-0.15, -0.1) is 0 Å². The van der Waals surface area contributed by atoms with Crippen molar-refractivity contribution in [3.8, 4) is 0 Å². The molecule has 0 aliphatic rings. The van der Waals surface area contributed by atoms with Gasteiger partial charge in [0.1, 0.15) is 0 Å². The van der Waals surface area contributed by atoms with Crippen molar-refractivity contribution in [2.24, 2.45) is 12.8 Å². The predicted octanol–water partition coefficient (Wildman–Crippen LogP) is 2.20. The van der Waals surface area contributed by atoms with Crippen LogP contribution in [0.4, 0.5) is 0 Å². The van der Waals surface area contributed by atoms with Gasteiger partial charge in [0.05, 0.1) is 22.1 Å². The first-order valence-electron chi connectivity index (χ1n) is 6.54. The molecule has 2 heterocycles. The number of hydrogen-bond donors (Lipinski definition) is 1. The largest absolute Gasteiger partial charge is 0.324 e. The summed E-state index contributed by atoms with van der Waals surface area (Å²) in [4.78, 5) is 0. The first-order chi connectivity index (χ1) is 9.06. The molecular formula is C13H20BrN5. The molecule has 104 valence electrons. The Morgan fingerprint density at radius 3 is 2.68 bits per heavy atom. The van der Waals surface area contributed by atoms with E-state index in [1.54, 1.807) is 4.68 Å². The maximum absolute atomic E-state index is 6.27. The summed E-state index contributed by atoms with van der Waals surface area (Å²) in [6.07, 6.45) is 5.47. The van der Waals surface area contributed by atoms with Gasteiger partial charge in [0, 0.05) is 37.8 Å². The van der Waals surface area contributed by atoms with E-state index in [1.807, 2.05) is 24.1 Å². The van der Waals surface area contributed by atoms with Crippen LogP contribution in [0.1, 0.15) is 36.8 Å². The van der Waals surface area contributed by atoms with Gasteiger partial charge in [-0.2, -0.15) is 10.2 Å². The molecule has 0 spiro atoms. The third kappa shape index (κ3) is 2.90. The van der Waals surface area contributed by atoms with E-state index in [1.165, 1.54) is 0 Å². The van der Waals surface area contributed by atoms with Crippen molar-refractivity contribution in [3.63, 3.8) is 0 Å². The second kappa shape index (κ2) is 5.88. The van der Waals surface area contributed by atoms with E-state index in [2.05, 4.69) is 40.0 Å². The van der Waals surface area contributed by atoms with E-state index < -0.39 is 0 Å². The fraction of sp³-hybridized carbons (Fsp3) is 0.538. The molecular weight excluding hydrogens is 306 g/mol. The van der Waals surface area contributed by atoms with Crippen LogP contribution in [0, 0.1) is 0 Å². The summed E-state index contributed by atoms with van der Waals surface area (Å²) in [6, 6.07) is -0.0586. The Bertz CT molecular complexity index is 557. The molecule has 0 saturated heterocycles. The minimum absolute atomic E-state index is 0.0586. The van der Waals surface area contributed by atoms with Gasteiger partial charge in [0.2, 0.25) is 0 Å². The zero-order valence-electron chi connectivity index (χ0n) is 11.6. The molecule has 2 aromatic heterocycles. The maximum Gasteiger partial charge on any atom is 0.0766 e. The summed E-state index contributed by atoms with van der Waals surface area (Å²) >= 11 is 3.65. The van der Waals surface area contributed by atoms with Crippen molar-refractivity contribution in [1.29, 1.82) is 0 Å². The summed E-state index contributed by atoms with van der Waals surface area (Å²) in [5.41, 5.74) is 9.58. The highest BCUT2D eigenvalue weighted by Crippen LogP contribution is 2.26. The minimum atomic E-state index is -0.0586. The molecule has 0 radical (unpaired) electrons. The van der Waals surface area contributed by atoms with Gasteiger partial charge in [0.25, 0.3) is 0 Å². The lowest BCUT2D eigenvalue weighted by Crippen LogP contribution is -2.16. The van der Waals surface area contributed by atoms with Crippen LogP contribution in [0.5, 0.6) is 0 Å². The van der Waals surface area contributed by atoms with E-state index in [0.717, 1.165) is 40.8 Å². The monoisotopic (exact) mass is 325 g/mol. The van der Waals surface area contributed by atoms with E-state index in [0.29, 0.717) is 0 Å². The summed E-state index contributed by atoms with van der Waals surface area (Å²) < 4.78 is 4.90. The van der Waals surface area contributed by atoms with E-state index in [-0.39, 0.29) is 6.04 Å². The fourth-order valence-electron chi connectivity index (χ4n) is 2.17. The average molecular weight is 326 g/mol. The predicted molar refractivity (Wildman–Crippen MR) is 78.8 cm³/mol. The van der Waals surface area contributed by atoms with E-state index in [4.69, 9.17) is 5.73 Å². The smallest absolute Gasteiger partial charge is 0.0766 e. The van der Waals surface area contributed by atoms with Gasteiger partial charge in [0.15, 0.2) is 0 Å². The van der Waals surface area contributed by atoms with Crippen molar-refractivity contribution < 1.29 is 0 Å². The van der Waals surface area contributed by atoms with Crippen molar-refractivity contribution in [2.45, 2.75) is 39.3 Å². The highest BCUT2D eigenvalue weighted by atomic mass is 79.9. The molecule has 0 aliphatic heterocycles. The standard InChI is InChI=1S/C13H20BrN5/c1-4-11-13(14)12(19(5-2)17-11)6-10(15)9-7-16-18(3)8-9/h7-8,10H,4-6,15H2,1-3H3. The second-order valence-electron chi connectivity index (χ2n) is 4.63. The normalized spacial score (nSPS) is 12.9. The number of nitrogens with zero attached hydrogens (tertiary/aromatic N) is 4. The van der Waals surface area contributed by atoms with Gasteiger partial charge in [-0.25, -0.2) is 0 Å². The third-order valence-electron chi connectivity index (χ3n) is 3.26. The topological polar surface area (TPSA) is 61.7 Å². The number of aromatic nitrogens is 4. The van der Waals surface area contributed by atoms with Gasteiger partial charge in [-0.05, 0) is 29.3 Å². The molecule has 6 heteroatoms. The molecule has 0 saturated carbocycles. The first kappa shape index (κ1) is 14.3. The third-order valence-corrected chi connectivity index (χ3v) is 4.18. The van der Waals surface area contributed by atoms with Crippen LogP contribution in [-0.2, 0) is 26.4 Å². The number of hydrogen-bond acceptors (Lipinski definition) is 3. The van der Waals surface area contributed by atoms with E-state index in [9.17, 15) is 0 Å². The lowest BCUT2D eigenvalue weighted by Gasteiger charge is -2.11. The van der Waals surface area contributed by atoms with Crippen LogP contribution >= 0.6 is 15.9 Å². The van der Waals surface area contributed by atoms with Crippen LogP contribution < -0.4 is 5.73 Å². The minimum Gasteiger partial charge on any atom is -0.324 e. The Labute approximate surface area is 121 Å². The Balaban J connectivity index is 2.25. The van der Waals surface area contributed by atoms with Gasteiger partial charge >= 0.3 is 0 Å². The molecule has 2 rings (SSSR count). The number of halogens is 1. The summed E-state index contributed by atoms with van der Waals surface area (Å²) in [7, 11) is 1.90. The van der Waals surface area contributed by atoms with Crippen molar-refractivity contribution >= 4 is 15.9 Å². The van der Waals surface area contributed by atoms with Crippen LogP contribution in [0.25, 0.3) is 0 Å². The maximum atomic E-state index is 6.27. The molecule has 2 N–H and O–H groups in total. The van der Waals surface area contributed by atoms with Crippen LogP contribution in [0.2, 0.25) is 0 Å². The molecule has 0 aliphatic carbocycles. The Hall–Kier alpha value is -1.14. The molecule has 1 atom stereocenters. The Kier molecular flexibility index (Phi) is 4.42. The van der Waals surface area contributed by atoms with Gasteiger partial charge < -0.3 is 5.73 Å². The number of rotatable bonds is 5. The first-order valence-corrected chi connectivity index (χ1v) is 7.34. The molecule has 19 heavy (non-hydrogen) atoms. The highest BCUT2D eigenvalue weighted by molar-refractivity contribution is 9.10. The van der Waals surface area contributed by atoms with Crippen LogP contribution in [0.15, 0.2) is 16.9 Å². The summed E-state index contributed by atoms with van der Waals surface area (Å²) in [5, 5.41) is 8.76. The van der Waals surface area contributed by atoms with Gasteiger partial charge in [-0.3, -0.25) is 9.36 Å². The van der Waals surface area contributed by atoms with Crippen molar-refractivity contribution in [3.05, 3.63) is 33.8 Å². The fourth-order valence-corrected chi connectivity index (χ4v) is 2.90. The molecule has 5 nitrogen and oxygen atoms in total. The molecule has 0 fully saturated rings. The summed E-state index contributed by atoms with van der Waals surface area (Å²) in [5.74, 6) is 0. The molecule has 0 aromatic carbocycles. The van der Waals surface area contributed by atoms with Gasteiger partial charge in [-0.1, -0.05) is 6.92 Å². The number of nitrogens with two attached hydrogens (primary N) is 1. The molecule has 0 bridgehead atoms. The SMILES string of the molecule is CCc1nn(CC)c(CC(N)c2cnn(C)c2)c1Br. The van der Waals surface area contributed by atoms with Crippen LogP contribution in [0.3, 0.4) is 0 Å². The quantitative estimate of drug-likeness (QED) is 0.916. The zero-order valence-corrected chi connectivity index (χ0v) is 13.2. The lowest BCUT2D eigenvalue weighted by atomic mass is 10.1. The highest BCUT2D eigenvalue weighted by Gasteiger charge is 2.18. The molecule has 0 amide bonds. The lowest BCUT2D eigenvalue weighted by molar-refractivity contribution is 0.584. The zero-order chi connectivity index (χ0) is 14.0. The molecule has 2 aromatic rings.